The third-order valence-electron chi connectivity index (χ3n) is 4.98. The lowest BCUT2D eigenvalue weighted by molar-refractivity contribution is -0.137. The molecule has 4 rings (SSSR count). The van der Waals surface area contributed by atoms with Gasteiger partial charge in [-0.1, -0.05) is 6.07 Å². The van der Waals surface area contributed by atoms with Crippen LogP contribution in [0.1, 0.15) is 23.7 Å². The Labute approximate surface area is 159 Å². The maximum Gasteiger partial charge on any atom is 0.416 e. The van der Waals surface area contributed by atoms with Crippen LogP contribution in [0, 0.1) is 0 Å². The molecule has 0 unspecified atom stereocenters. The van der Waals surface area contributed by atoms with E-state index in [1.165, 1.54) is 10.4 Å². The van der Waals surface area contributed by atoms with Crippen LogP contribution in [0.5, 0.6) is 0 Å². The molecular weight excluding hydrogens is 393 g/mol. The van der Waals surface area contributed by atoms with Crippen molar-refractivity contribution in [3.63, 3.8) is 0 Å². The number of nitrogens with zero attached hydrogens (tertiary/aromatic N) is 4. The van der Waals surface area contributed by atoms with Crippen LogP contribution in [0.25, 0.3) is 11.2 Å². The van der Waals surface area contributed by atoms with Crippen molar-refractivity contribution in [2.45, 2.75) is 23.4 Å². The maximum absolute atomic E-state index is 12.9. The highest BCUT2D eigenvalue weighted by molar-refractivity contribution is 7.89. The Morgan fingerprint density at radius 1 is 1.18 bits per heavy atom. The van der Waals surface area contributed by atoms with Gasteiger partial charge in [0.25, 0.3) is 0 Å². The summed E-state index contributed by atoms with van der Waals surface area (Å²) in [6, 6.07) is 7.45. The predicted octanol–water partition coefficient (Wildman–Crippen LogP) is 3.17. The third kappa shape index (κ3) is 3.16. The number of benzene rings is 1. The van der Waals surface area contributed by atoms with Gasteiger partial charge in [-0.15, -0.1) is 0 Å². The summed E-state index contributed by atoms with van der Waals surface area (Å²) < 4.78 is 67.6. The maximum atomic E-state index is 12.9. The van der Waals surface area contributed by atoms with Crippen LogP contribution in [-0.2, 0) is 23.2 Å². The summed E-state index contributed by atoms with van der Waals surface area (Å²) in [5.74, 6) is 0.565. The first-order valence-electron chi connectivity index (χ1n) is 8.62. The van der Waals surface area contributed by atoms with Crippen molar-refractivity contribution in [1.29, 1.82) is 0 Å². The number of pyridine rings is 1. The van der Waals surface area contributed by atoms with E-state index in [4.69, 9.17) is 0 Å². The summed E-state index contributed by atoms with van der Waals surface area (Å²) >= 11 is 0. The smallest absolute Gasteiger partial charge is 0.316 e. The Morgan fingerprint density at radius 2 is 1.96 bits per heavy atom. The van der Waals surface area contributed by atoms with Crippen molar-refractivity contribution in [2.24, 2.45) is 7.05 Å². The Balaban J connectivity index is 1.62. The Kier molecular flexibility index (Phi) is 4.42. The van der Waals surface area contributed by atoms with Crippen LogP contribution >= 0.6 is 0 Å². The van der Waals surface area contributed by atoms with E-state index < -0.39 is 21.8 Å². The number of fused-ring (bicyclic) bond motifs is 1. The fourth-order valence-corrected chi connectivity index (χ4v) is 5.09. The zero-order valence-electron chi connectivity index (χ0n) is 14.9. The average Bonchev–Trinajstić information content (AvgIpc) is 3.27. The zero-order valence-corrected chi connectivity index (χ0v) is 15.7. The lowest BCUT2D eigenvalue weighted by Crippen LogP contribution is -2.29. The fraction of sp³-hybridized carbons (Fsp3) is 0.333. The molecule has 148 valence electrons. The van der Waals surface area contributed by atoms with Crippen LogP contribution < -0.4 is 0 Å². The van der Waals surface area contributed by atoms with E-state index >= 15 is 0 Å². The SMILES string of the molecule is Cn1c([C@H]2CCN(S(=O)(=O)c3cccc(C(F)(F)F)c3)C2)nc2cccnc21. The van der Waals surface area contributed by atoms with Gasteiger partial charge in [0.15, 0.2) is 5.65 Å². The van der Waals surface area contributed by atoms with Gasteiger partial charge < -0.3 is 4.57 Å². The molecule has 2 aromatic heterocycles. The van der Waals surface area contributed by atoms with Crippen LogP contribution in [-0.4, -0.2) is 40.3 Å². The Morgan fingerprint density at radius 3 is 2.68 bits per heavy atom. The van der Waals surface area contributed by atoms with Gasteiger partial charge in [0.05, 0.1) is 10.5 Å². The Bertz CT molecular complexity index is 1140. The molecule has 0 spiro atoms. The van der Waals surface area contributed by atoms with Gasteiger partial charge in [0.2, 0.25) is 10.0 Å². The molecule has 0 bridgehead atoms. The summed E-state index contributed by atoms with van der Waals surface area (Å²) in [4.78, 5) is 8.49. The van der Waals surface area contributed by atoms with E-state index in [-0.39, 0.29) is 23.9 Å². The molecule has 0 radical (unpaired) electrons. The molecule has 10 heteroatoms. The number of aryl methyl sites for hydroxylation is 1. The largest absolute Gasteiger partial charge is 0.416 e. The van der Waals surface area contributed by atoms with Gasteiger partial charge in [-0.3, -0.25) is 0 Å². The number of sulfonamides is 1. The lowest BCUT2D eigenvalue weighted by Gasteiger charge is -2.17. The van der Waals surface area contributed by atoms with Gasteiger partial charge >= 0.3 is 6.18 Å². The van der Waals surface area contributed by atoms with Crippen molar-refractivity contribution in [3.05, 3.63) is 54.0 Å². The second kappa shape index (κ2) is 6.56. The molecule has 3 aromatic rings. The van der Waals surface area contributed by atoms with Crippen LogP contribution in [0.4, 0.5) is 13.2 Å². The summed E-state index contributed by atoms with van der Waals surface area (Å²) in [5, 5.41) is 0. The van der Waals surface area contributed by atoms with E-state index in [1.54, 1.807) is 12.3 Å². The number of halogens is 3. The van der Waals surface area contributed by atoms with Crippen molar-refractivity contribution in [1.82, 2.24) is 18.8 Å². The summed E-state index contributed by atoms with van der Waals surface area (Å²) in [7, 11) is -2.20. The number of rotatable bonds is 3. The number of alkyl halides is 3. The summed E-state index contributed by atoms with van der Waals surface area (Å²) in [6.45, 7) is 0.385. The van der Waals surface area contributed by atoms with Crippen LogP contribution in [0.15, 0.2) is 47.5 Å². The first kappa shape index (κ1) is 18.9. The van der Waals surface area contributed by atoms with Gasteiger partial charge in [-0.2, -0.15) is 17.5 Å². The molecule has 0 saturated carbocycles. The standard InChI is InChI=1S/C18H17F3N4O2S/c1-24-16(23-15-6-3-8-22-17(15)24)12-7-9-25(11-12)28(26,27)14-5-2-4-13(10-14)18(19,20)21/h2-6,8,10,12H,7,9,11H2,1H3/t12-/m0/s1. The molecule has 1 fully saturated rings. The fourth-order valence-electron chi connectivity index (χ4n) is 3.55. The normalized spacial score (nSPS) is 18.8. The van der Waals surface area contributed by atoms with E-state index in [9.17, 15) is 21.6 Å². The lowest BCUT2D eigenvalue weighted by atomic mass is 10.1. The van der Waals surface area contributed by atoms with E-state index in [1.807, 2.05) is 17.7 Å². The van der Waals surface area contributed by atoms with E-state index in [2.05, 4.69) is 9.97 Å². The van der Waals surface area contributed by atoms with Crippen LogP contribution in [0.3, 0.4) is 0 Å². The topological polar surface area (TPSA) is 68.1 Å². The molecule has 0 amide bonds. The van der Waals surface area contributed by atoms with Crippen molar-refractivity contribution >= 4 is 21.2 Å². The molecule has 28 heavy (non-hydrogen) atoms. The molecule has 1 aliphatic heterocycles. The molecule has 0 aliphatic carbocycles. The third-order valence-corrected chi connectivity index (χ3v) is 6.84. The first-order valence-corrected chi connectivity index (χ1v) is 10.1. The minimum atomic E-state index is -4.60. The van der Waals surface area contributed by atoms with E-state index in [0.29, 0.717) is 18.1 Å². The molecule has 0 N–H and O–H groups in total. The number of aromatic nitrogens is 3. The molecule has 1 saturated heterocycles. The monoisotopic (exact) mass is 410 g/mol. The first-order chi connectivity index (χ1) is 13.2. The van der Waals surface area contributed by atoms with Gasteiger partial charge in [0, 0.05) is 32.3 Å². The highest BCUT2D eigenvalue weighted by atomic mass is 32.2. The zero-order chi connectivity index (χ0) is 20.1. The quantitative estimate of drug-likeness (QED) is 0.665. The molecule has 1 atom stereocenters. The molecule has 1 aromatic carbocycles. The minimum absolute atomic E-state index is 0.153. The second-order valence-electron chi connectivity index (χ2n) is 6.75. The number of hydrogen-bond donors (Lipinski definition) is 0. The van der Waals surface area contributed by atoms with Crippen LogP contribution in [0.2, 0.25) is 0 Å². The minimum Gasteiger partial charge on any atom is -0.316 e. The number of hydrogen-bond acceptors (Lipinski definition) is 4. The number of imidazole rings is 1. The van der Waals surface area contributed by atoms with Crippen molar-refractivity contribution < 1.29 is 21.6 Å². The van der Waals surface area contributed by atoms with Gasteiger partial charge in [-0.25, -0.2) is 18.4 Å². The summed E-state index contributed by atoms with van der Waals surface area (Å²) in [6.07, 6.45) is -2.40. The molecular formula is C18H17F3N4O2S. The van der Waals surface area contributed by atoms with Gasteiger partial charge in [0.1, 0.15) is 11.3 Å². The molecule has 6 nitrogen and oxygen atoms in total. The summed E-state index contributed by atoms with van der Waals surface area (Å²) in [5.41, 5.74) is 0.446. The average molecular weight is 410 g/mol. The van der Waals surface area contributed by atoms with Crippen molar-refractivity contribution in [2.75, 3.05) is 13.1 Å². The highest BCUT2D eigenvalue weighted by Gasteiger charge is 2.37. The van der Waals surface area contributed by atoms with E-state index in [0.717, 1.165) is 23.5 Å². The van der Waals surface area contributed by atoms with Crippen molar-refractivity contribution in [3.8, 4) is 0 Å². The second-order valence-corrected chi connectivity index (χ2v) is 8.69. The molecule has 1 aliphatic rings. The highest BCUT2D eigenvalue weighted by Crippen LogP contribution is 2.34. The Hall–Kier alpha value is -2.46. The predicted molar refractivity (Wildman–Crippen MR) is 96.1 cm³/mol. The van der Waals surface area contributed by atoms with Gasteiger partial charge in [-0.05, 0) is 36.8 Å². The molecule has 3 heterocycles.